The van der Waals surface area contributed by atoms with Crippen molar-refractivity contribution >= 4 is 0 Å². The lowest BCUT2D eigenvalue weighted by Crippen LogP contribution is -2.23. The van der Waals surface area contributed by atoms with Crippen LogP contribution in [0.25, 0.3) is 0 Å². The van der Waals surface area contributed by atoms with Crippen molar-refractivity contribution in [3.63, 3.8) is 0 Å². The fourth-order valence-electron chi connectivity index (χ4n) is 1.75. The monoisotopic (exact) mass is 254 g/mol. The molecule has 0 spiro atoms. The topological polar surface area (TPSA) is 69.9 Å². The average molecular weight is 254 g/mol. The number of aliphatic hydroxyl groups excluding tert-OH is 3. The second-order valence-electron chi connectivity index (χ2n) is 4.43. The van der Waals surface area contributed by atoms with Gasteiger partial charge in [-0.15, -0.1) is 0 Å². The molecule has 0 amide bonds. The van der Waals surface area contributed by atoms with Gasteiger partial charge >= 0.3 is 0 Å². The van der Waals surface area contributed by atoms with E-state index in [-0.39, 0.29) is 13.0 Å². The predicted octanol–water partition coefficient (Wildman–Crippen LogP) is 1.61. The summed E-state index contributed by atoms with van der Waals surface area (Å²) in [6.07, 6.45) is -0.494. The van der Waals surface area contributed by atoms with E-state index in [9.17, 15) is 15.3 Å². The van der Waals surface area contributed by atoms with Gasteiger partial charge in [-0.3, -0.25) is 0 Å². The molecule has 0 aliphatic rings. The third-order valence-corrected chi connectivity index (χ3v) is 2.70. The van der Waals surface area contributed by atoms with Crippen LogP contribution >= 0.6 is 0 Å². The minimum Gasteiger partial charge on any atom is -0.393 e. The summed E-state index contributed by atoms with van der Waals surface area (Å²) in [5.74, 6) is 0. The molecule has 1 rings (SSSR count). The predicted molar refractivity (Wildman–Crippen MR) is 68.9 cm³/mol. The first kappa shape index (κ1) is 15.1. The number of hydrogen-bond donors (Lipinski definition) is 3. The standard InChI is InChI=1S/C14H22O4/c1-2-6-12(15)9-13(16)10-18-14(17)11-7-4-3-5-8-11/h3-5,7-8,12-17H,2,6,9-10H2,1H3/t12-,13+,14?/m1/s1. The van der Waals surface area contributed by atoms with Crippen LogP contribution in [-0.4, -0.2) is 34.1 Å². The van der Waals surface area contributed by atoms with Crippen molar-refractivity contribution in [2.75, 3.05) is 6.61 Å². The summed E-state index contributed by atoms with van der Waals surface area (Å²) in [7, 11) is 0. The largest absolute Gasteiger partial charge is 0.393 e. The van der Waals surface area contributed by atoms with Crippen LogP contribution in [0.1, 0.15) is 38.0 Å². The van der Waals surface area contributed by atoms with Gasteiger partial charge in [0.1, 0.15) is 0 Å². The van der Waals surface area contributed by atoms with E-state index in [2.05, 4.69) is 0 Å². The Morgan fingerprint density at radius 1 is 1.06 bits per heavy atom. The minimum absolute atomic E-state index is 0.0107. The van der Waals surface area contributed by atoms with Gasteiger partial charge in [0.2, 0.25) is 0 Å². The molecule has 3 N–H and O–H groups in total. The van der Waals surface area contributed by atoms with Crippen molar-refractivity contribution in [3.05, 3.63) is 35.9 Å². The number of aliphatic hydroxyl groups is 3. The second kappa shape index (κ2) is 8.21. The molecule has 0 aliphatic heterocycles. The lowest BCUT2D eigenvalue weighted by molar-refractivity contribution is -0.129. The minimum atomic E-state index is -1.04. The lowest BCUT2D eigenvalue weighted by Gasteiger charge is -2.18. The average Bonchev–Trinajstić information content (AvgIpc) is 2.37. The zero-order chi connectivity index (χ0) is 13.4. The summed E-state index contributed by atoms with van der Waals surface area (Å²) in [5.41, 5.74) is 0.652. The highest BCUT2D eigenvalue weighted by Gasteiger charge is 2.14. The molecule has 0 heterocycles. The first-order valence-electron chi connectivity index (χ1n) is 6.34. The summed E-state index contributed by atoms with van der Waals surface area (Å²) < 4.78 is 5.16. The van der Waals surface area contributed by atoms with Crippen LogP contribution in [0.2, 0.25) is 0 Å². The molecule has 0 saturated heterocycles. The normalized spacial score (nSPS) is 16.2. The molecule has 0 radical (unpaired) electrons. The smallest absolute Gasteiger partial charge is 0.181 e. The van der Waals surface area contributed by atoms with Gasteiger partial charge in [-0.25, -0.2) is 0 Å². The van der Waals surface area contributed by atoms with Crippen molar-refractivity contribution in [2.45, 2.75) is 44.7 Å². The van der Waals surface area contributed by atoms with Crippen molar-refractivity contribution in [1.29, 1.82) is 0 Å². The Morgan fingerprint density at radius 3 is 2.33 bits per heavy atom. The molecule has 0 aliphatic carbocycles. The first-order valence-corrected chi connectivity index (χ1v) is 6.34. The Hall–Kier alpha value is -0.940. The van der Waals surface area contributed by atoms with Crippen LogP contribution in [0, 0.1) is 0 Å². The Bertz CT molecular complexity index is 315. The highest BCUT2D eigenvalue weighted by atomic mass is 16.6. The fourth-order valence-corrected chi connectivity index (χ4v) is 1.75. The number of rotatable bonds is 8. The molecule has 4 heteroatoms. The van der Waals surface area contributed by atoms with Crippen LogP contribution in [-0.2, 0) is 4.74 Å². The zero-order valence-corrected chi connectivity index (χ0v) is 10.7. The molecule has 1 aromatic rings. The van der Waals surface area contributed by atoms with E-state index in [4.69, 9.17) is 4.74 Å². The lowest BCUT2D eigenvalue weighted by atomic mass is 10.1. The van der Waals surface area contributed by atoms with Crippen LogP contribution in [0.4, 0.5) is 0 Å². The second-order valence-corrected chi connectivity index (χ2v) is 4.43. The molecule has 0 bridgehead atoms. The van der Waals surface area contributed by atoms with Crippen molar-refractivity contribution in [2.24, 2.45) is 0 Å². The maximum absolute atomic E-state index is 9.71. The Labute approximate surface area is 108 Å². The van der Waals surface area contributed by atoms with Gasteiger partial charge in [-0.1, -0.05) is 43.7 Å². The van der Waals surface area contributed by atoms with Crippen molar-refractivity contribution in [3.8, 4) is 0 Å². The van der Waals surface area contributed by atoms with Crippen molar-refractivity contribution < 1.29 is 20.1 Å². The third kappa shape index (κ3) is 5.60. The van der Waals surface area contributed by atoms with Gasteiger partial charge in [-0.05, 0) is 6.42 Å². The SMILES string of the molecule is CCC[C@@H](O)C[C@H](O)COC(O)c1ccccc1. The van der Waals surface area contributed by atoms with E-state index in [1.54, 1.807) is 12.1 Å². The zero-order valence-electron chi connectivity index (χ0n) is 10.7. The van der Waals surface area contributed by atoms with Crippen molar-refractivity contribution in [1.82, 2.24) is 0 Å². The molecular weight excluding hydrogens is 232 g/mol. The van der Waals surface area contributed by atoms with E-state index in [0.717, 1.165) is 6.42 Å². The molecule has 0 fully saturated rings. The van der Waals surface area contributed by atoms with Gasteiger partial charge in [-0.2, -0.15) is 0 Å². The molecule has 1 aromatic carbocycles. The van der Waals surface area contributed by atoms with E-state index in [1.807, 2.05) is 25.1 Å². The van der Waals surface area contributed by atoms with Gasteiger partial charge in [0.05, 0.1) is 18.8 Å². The Kier molecular flexibility index (Phi) is 6.90. The highest BCUT2D eigenvalue weighted by Crippen LogP contribution is 2.14. The summed E-state index contributed by atoms with van der Waals surface area (Å²) >= 11 is 0. The van der Waals surface area contributed by atoms with Crippen LogP contribution in [0.3, 0.4) is 0 Å². The summed E-state index contributed by atoms with van der Waals surface area (Å²) in [4.78, 5) is 0. The highest BCUT2D eigenvalue weighted by molar-refractivity contribution is 5.15. The van der Waals surface area contributed by atoms with Gasteiger partial charge in [0, 0.05) is 12.0 Å². The van der Waals surface area contributed by atoms with Gasteiger partial charge in [0.25, 0.3) is 0 Å². The molecule has 3 atom stereocenters. The number of ether oxygens (including phenoxy) is 1. The maximum atomic E-state index is 9.71. The summed E-state index contributed by atoms with van der Waals surface area (Å²) in [6.45, 7) is 1.99. The first-order chi connectivity index (χ1) is 8.63. The number of benzene rings is 1. The van der Waals surface area contributed by atoms with Gasteiger partial charge < -0.3 is 20.1 Å². The van der Waals surface area contributed by atoms with Crippen LogP contribution in [0.15, 0.2) is 30.3 Å². The Balaban J connectivity index is 2.28. The van der Waals surface area contributed by atoms with Gasteiger partial charge in [0.15, 0.2) is 6.29 Å². The maximum Gasteiger partial charge on any atom is 0.181 e. The molecule has 102 valence electrons. The fraction of sp³-hybridized carbons (Fsp3) is 0.571. The van der Waals surface area contributed by atoms with Crippen LogP contribution < -0.4 is 0 Å². The summed E-state index contributed by atoms with van der Waals surface area (Å²) in [5, 5.41) is 28.9. The molecule has 1 unspecified atom stereocenters. The van der Waals surface area contributed by atoms with E-state index < -0.39 is 18.5 Å². The molecule has 18 heavy (non-hydrogen) atoms. The molecule has 0 aromatic heterocycles. The third-order valence-electron chi connectivity index (χ3n) is 2.70. The molecule has 0 saturated carbocycles. The quantitative estimate of drug-likeness (QED) is 0.616. The van der Waals surface area contributed by atoms with Crippen LogP contribution in [0.5, 0.6) is 0 Å². The summed E-state index contributed by atoms with van der Waals surface area (Å²) in [6, 6.07) is 8.98. The molecule has 4 nitrogen and oxygen atoms in total. The van der Waals surface area contributed by atoms with E-state index in [0.29, 0.717) is 12.0 Å². The van der Waals surface area contributed by atoms with E-state index >= 15 is 0 Å². The van der Waals surface area contributed by atoms with E-state index in [1.165, 1.54) is 0 Å². The molecular formula is C14H22O4. The Morgan fingerprint density at radius 2 is 1.72 bits per heavy atom. The number of hydrogen-bond acceptors (Lipinski definition) is 4.